The van der Waals surface area contributed by atoms with Crippen molar-refractivity contribution in [1.29, 1.82) is 5.26 Å². The van der Waals surface area contributed by atoms with E-state index in [4.69, 9.17) is 10.4 Å². The molecule has 0 heterocycles. The number of hydrogen-bond acceptors (Lipinski definition) is 6. The van der Waals surface area contributed by atoms with Crippen molar-refractivity contribution in [3.8, 4) is 6.07 Å². The monoisotopic (exact) mass is 279 g/mol. The number of non-ortho nitro benzene ring substituents is 1. The van der Waals surface area contributed by atoms with E-state index >= 15 is 0 Å². The van der Waals surface area contributed by atoms with E-state index < -0.39 is 29.6 Å². The van der Waals surface area contributed by atoms with Crippen LogP contribution in [0.5, 0.6) is 0 Å². The summed E-state index contributed by atoms with van der Waals surface area (Å²) in [7, 11) is 0. The SMILES string of the molecule is N#CCC(=O)N[C@H](CO)[C@H](O)c1ccc([N+](=O)[O-])cc1. The smallest absolute Gasteiger partial charge is 0.269 e. The van der Waals surface area contributed by atoms with E-state index in [1.807, 2.05) is 0 Å². The summed E-state index contributed by atoms with van der Waals surface area (Å²) in [5.74, 6) is -0.618. The molecule has 3 N–H and O–H groups in total. The van der Waals surface area contributed by atoms with Gasteiger partial charge in [-0.3, -0.25) is 14.9 Å². The molecule has 0 aliphatic heterocycles. The minimum atomic E-state index is -1.23. The molecule has 8 nitrogen and oxygen atoms in total. The Morgan fingerprint density at radius 2 is 2.05 bits per heavy atom. The summed E-state index contributed by atoms with van der Waals surface area (Å²) in [6.07, 6.45) is -1.62. The fourth-order valence-corrected chi connectivity index (χ4v) is 1.58. The Bertz CT molecular complexity index is 523. The minimum absolute atomic E-state index is 0.130. The molecular formula is C12H13N3O5. The van der Waals surface area contributed by atoms with Crippen LogP contribution in [0, 0.1) is 21.4 Å². The van der Waals surface area contributed by atoms with Gasteiger partial charge in [-0.25, -0.2) is 0 Å². The third-order valence-corrected chi connectivity index (χ3v) is 2.61. The van der Waals surface area contributed by atoms with Gasteiger partial charge in [-0.1, -0.05) is 0 Å². The van der Waals surface area contributed by atoms with Crippen molar-refractivity contribution >= 4 is 11.6 Å². The number of rotatable bonds is 6. The normalized spacial score (nSPS) is 13.1. The van der Waals surface area contributed by atoms with Crippen LogP contribution in [0.15, 0.2) is 24.3 Å². The first-order valence-corrected chi connectivity index (χ1v) is 5.69. The summed E-state index contributed by atoms with van der Waals surface area (Å²) in [6.45, 7) is -0.532. The van der Waals surface area contributed by atoms with Crippen molar-refractivity contribution in [1.82, 2.24) is 5.32 Å². The number of nitro benzene ring substituents is 1. The molecule has 1 rings (SSSR count). The van der Waals surface area contributed by atoms with E-state index in [-0.39, 0.29) is 12.1 Å². The lowest BCUT2D eigenvalue weighted by atomic mass is 10.0. The summed E-state index contributed by atoms with van der Waals surface area (Å²) < 4.78 is 0. The van der Waals surface area contributed by atoms with Crippen LogP contribution < -0.4 is 5.32 Å². The van der Waals surface area contributed by atoms with Gasteiger partial charge in [0.1, 0.15) is 12.5 Å². The summed E-state index contributed by atoms with van der Waals surface area (Å²) in [5.41, 5.74) is 0.182. The Morgan fingerprint density at radius 1 is 1.45 bits per heavy atom. The Hall–Kier alpha value is -2.50. The van der Waals surface area contributed by atoms with Gasteiger partial charge < -0.3 is 15.5 Å². The molecule has 0 bridgehead atoms. The molecular weight excluding hydrogens is 266 g/mol. The van der Waals surface area contributed by atoms with Crippen molar-refractivity contribution in [2.75, 3.05) is 6.61 Å². The molecule has 2 atom stereocenters. The van der Waals surface area contributed by atoms with E-state index in [0.717, 1.165) is 0 Å². The first-order valence-electron chi connectivity index (χ1n) is 5.69. The zero-order valence-corrected chi connectivity index (χ0v) is 10.4. The maximum atomic E-state index is 11.2. The van der Waals surface area contributed by atoms with Gasteiger partial charge in [0, 0.05) is 12.1 Å². The number of nitrogens with one attached hydrogen (secondary N) is 1. The van der Waals surface area contributed by atoms with Crippen LogP contribution in [-0.2, 0) is 4.79 Å². The Morgan fingerprint density at radius 3 is 2.50 bits per heavy atom. The summed E-state index contributed by atoms with van der Waals surface area (Å²) in [4.78, 5) is 21.2. The molecule has 1 aromatic carbocycles. The predicted molar refractivity (Wildman–Crippen MR) is 67.3 cm³/mol. The van der Waals surface area contributed by atoms with Crippen molar-refractivity contribution in [3.63, 3.8) is 0 Å². The standard InChI is InChI=1S/C12H13N3O5/c13-6-5-11(17)14-10(7-16)12(18)8-1-3-9(4-2-8)15(19)20/h1-4,10,12,16,18H,5,7H2,(H,14,17)/t10-,12-/m1/s1. The maximum Gasteiger partial charge on any atom is 0.269 e. The molecule has 0 saturated carbocycles. The molecule has 1 amide bonds. The van der Waals surface area contributed by atoms with Crippen LogP contribution in [-0.4, -0.2) is 33.7 Å². The lowest BCUT2D eigenvalue weighted by molar-refractivity contribution is -0.384. The van der Waals surface area contributed by atoms with Crippen LogP contribution in [0.3, 0.4) is 0 Å². The summed E-state index contributed by atoms with van der Waals surface area (Å²) in [6, 6.07) is 5.75. The summed E-state index contributed by atoms with van der Waals surface area (Å²) >= 11 is 0. The molecule has 0 aliphatic carbocycles. The summed E-state index contributed by atoms with van der Waals surface area (Å²) in [5, 5.41) is 40.3. The Labute approximate surface area is 114 Å². The highest BCUT2D eigenvalue weighted by Crippen LogP contribution is 2.20. The molecule has 0 saturated heterocycles. The van der Waals surface area contributed by atoms with Crippen molar-refractivity contribution < 1.29 is 19.9 Å². The first kappa shape index (κ1) is 15.6. The average molecular weight is 279 g/mol. The molecule has 20 heavy (non-hydrogen) atoms. The quantitative estimate of drug-likeness (QED) is 0.496. The van der Waals surface area contributed by atoms with Crippen LogP contribution in [0.2, 0.25) is 0 Å². The second-order valence-corrected chi connectivity index (χ2v) is 3.98. The fraction of sp³-hybridized carbons (Fsp3) is 0.333. The fourth-order valence-electron chi connectivity index (χ4n) is 1.58. The lowest BCUT2D eigenvalue weighted by Crippen LogP contribution is -2.41. The highest BCUT2D eigenvalue weighted by Gasteiger charge is 2.22. The highest BCUT2D eigenvalue weighted by molar-refractivity contribution is 5.78. The first-order chi connectivity index (χ1) is 9.49. The van der Waals surface area contributed by atoms with Crippen molar-refractivity contribution in [3.05, 3.63) is 39.9 Å². The van der Waals surface area contributed by atoms with Gasteiger partial charge in [0.15, 0.2) is 0 Å². The second-order valence-electron chi connectivity index (χ2n) is 3.98. The number of benzene rings is 1. The Balaban J connectivity index is 2.80. The van der Waals surface area contributed by atoms with Crippen LogP contribution in [0.25, 0.3) is 0 Å². The lowest BCUT2D eigenvalue weighted by Gasteiger charge is -2.22. The van der Waals surface area contributed by atoms with E-state index in [1.54, 1.807) is 6.07 Å². The van der Waals surface area contributed by atoms with Crippen molar-refractivity contribution in [2.45, 2.75) is 18.6 Å². The maximum absolute atomic E-state index is 11.2. The molecule has 8 heteroatoms. The van der Waals surface area contributed by atoms with Crippen LogP contribution in [0.4, 0.5) is 5.69 Å². The zero-order chi connectivity index (χ0) is 15.1. The number of aliphatic hydroxyl groups is 2. The van der Waals surface area contributed by atoms with E-state index in [0.29, 0.717) is 5.56 Å². The minimum Gasteiger partial charge on any atom is -0.394 e. The number of nitriles is 1. The predicted octanol–water partition coefficient (Wildman–Crippen LogP) is 0.0190. The van der Waals surface area contributed by atoms with E-state index in [1.165, 1.54) is 24.3 Å². The number of aliphatic hydroxyl groups excluding tert-OH is 2. The average Bonchev–Trinajstić information content (AvgIpc) is 2.44. The number of nitrogens with zero attached hydrogens (tertiary/aromatic N) is 2. The second kappa shape index (κ2) is 7.18. The van der Waals surface area contributed by atoms with Gasteiger partial charge in [-0.15, -0.1) is 0 Å². The van der Waals surface area contributed by atoms with Gasteiger partial charge in [-0.2, -0.15) is 5.26 Å². The van der Waals surface area contributed by atoms with E-state index in [9.17, 15) is 20.0 Å². The van der Waals surface area contributed by atoms with Crippen LogP contribution in [0.1, 0.15) is 18.1 Å². The molecule has 0 radical (unpaired) electrons. The number of hydrogen-bond donors (Lipinski definition) is 3. The van der Waals surface area contributed by atoms with Gasteiger partial charge in [0.25, 0.3) is 5.69 Å². The zero-order valence-electron chi connectivity index (χ0n) is 10.4. The Kier molecular flexibility index (Phi) is 5.58. The van der Waals surface area contributed by atoms with Crippen LogP contribution >= 0.6 is 0 Å². The van der Waals surface area contributed by atoms with Gasteiger partial charge in [0.05, 0.1) is 23.6 Å². The number of carbonyl (C=O) groups excluding carboxylic acids is 1. The third kappa shape index (κ3) is 4.01. The highest BCUT2D eigenvalue weighted by atomic mass is 16.6. The van der Waals surface area contributed by atoms with E-state index in [2.05, 4.69) is 5.32 Å². The van der Waals surface area contributed by atoms with Gasteiger partial charge >= 0.3 is 0 Å². The number of nitro groups is 1. The molecule has 0 aliphatic rings. The van der Waals surface area contributed by atoms with Gasteiger partial charge in [-0.05, 0) is 17.7 Å². The molecule has 0 aromatic heterocycles. The molecule has 0 unspecified atom stereocenters. The molecule has 1 aromatic rings. The molecule has 0 fully saturated rings. The molecule has 0 spiro atoms. The third-order valence-electron chi connectivity index (χ3n) is 2.61. The van der Waals surface area contributed by atoms with Crippen molar-refractivity contribution in [2.24, 2.45) is 0 Å². The largest absolute Gasteiger partial charge is 0.394 e. The van der Waals surface area contributed by atoms with Gasteiger partial charge in [0.2, 0.25) is 5.91 Å². The topological polar surface area (TPSA) is 136 Å². The number of carbonyl (C=O) groups is 1. The molecule has 106 valence electrons. The number of amides is 1.